The van der Waals surface area contributed by atoms with E-state index in [1.165, 1.54) is 6.07 Å². The molecule has 2 heterocycles. The second-order valence-electron chi connectivity index (χ2n) is 3.05. The van der Waals surface area contributed by atoms with Crippen molar-refractivity contribution in [2.75, 3.05) is 5.73 Å². The summed E-state index contributed by atoms with van der Waals surface area (Å²) in [5.41, 5.74) is 5.44. The van der Waals surface area contributed by atoms with Crippen LogP contribution in [0.25, 0.3) is 0 Å². The first kappa shape index (κ1) is 11.2. The van der Waals surface area contributed by atoms with Gasteiger partial charge in [0.15, 0.2) is 5.16 Å². The number of hydrogen-bond donors (Lipinski definition) is 2. The van der Waals surface area contributed by atoms with Crippen LogP contribution in [0.3, 0.4) is 0 Å². The first-order valence-corrected chi connectivity index (χ1v) is 5.41. The first-order chi connectivity index (χ1) is 8.17. The summed E-state index contributed by atoms with van der Waals surface area (Å²) in [5, 5.41) is 9.61. The molecule has 0 radical (unpaired) electrons. The van der Waals surface area contributed by atoms with Crippen molar-refractivity contribution in [3.63, 3.8) is 0 Å². The van der Waals surface area contributed by atoms with Crippen LogP contribution in [0.2, 0.25) is 0 Å². The number of nitriles is 1. The van der Waals surface area contributed by atoms with Crippen LogP contribution in [0.4, 0.5) is 5.82 Å². The van der Waals surface area contributed by atoms with Crippen molar-refractivity contribution in [1.29, 1.82) is 5.26 Å². The molecule has 0 saturated carbocycles. The SMILES string of the molecule is N#Cc1cccc(Sc2nc(N)cc(=O)[nH]2)n1. The summed E-state index contributed by atoms with van der Waals surface area (Å²) in [5.74, 6) is 0.146. The van der Waals surface area contributed by atoms with Gasteiger partial charge in [-0.1, -0.05) is 6.07 Å². The van der Waals surface area contributed by atoms with Crippen LogP contribution in [0, 0.1) is 11.3 Å². The van der Waals surface area contributed by atoms with Crippen molar-refractivity contribution in [1.82, 2.24) is 15.0 Å². The minimum Gasteiger partial charge on any atom is -0.383 e. The maximum absolute atomic E-state index is 11.2. The fourth-order valence-electron chi connectivity index (χ4n) is 1.13. The zero-order chi connectivity index (χ0) is 12.3. The molecule has 7 heteroatoms. The lowest BCUT2D eigenvalue weighted by Gasteiger charge is -2.00. The van der Waals surface area contributed by atoms with Gasteiger partial charge in [-0.25, -0.2) is 9.97 Å². The van der Waals surface area contributed by atoms with Gasteiger partial charge >= 0.3 is 0 Å². The molecular formula is C10H7N5OS. The highest BCUT2D eigenvalue weighted by Crippen LogP contribution is 2.21. The highest BCUT2D eigenvalue weighted by Gasteiger charge is 2.03. The number of hydrogen-bond acceptors (Lipinski definition) is 6. The van der Waals surface area contributed by atoms with E-state index in [2.05, 4.69) is 15.0 Å². The Labute approximate surface area is 101 Å². The summed E-state index contributed by atoms with van der Waals surface area (Å²) in [6.07, 6.45) is 0. The minimum atomic E-state index is -0.323. The van der Waals surface area contributed by atoms with Crippen LogP contribution in [0.5, 0.6) is 0 Å². The Balaban J connectivity index is 2.31. The molecule has 0 atom stereocenters. The minimum absolute atomic E-state index is 0.146. The van der Waals surface area contributed by atoms with Crippen LogP contribution in [0.15, 0.2) is 39.2 Å². The zero-order valence-electron chi connectivity index (χ0n) is 8.54. The Morgan fingerprint density at radius 3 is 2.94 bits per heavy atom. The lowest BCUT2D eigenvalue weighted by atomic mass is 10.4. The number of H-pyrrole nitrogens is 1. The van der Waals surface area contributed by atoms with Gasteiger partial charge in [-0.2, -0.15) is 5.26 Å². The number of rotatable bonds is 2. The summed E-state index contributed by atoms with van der Waals surface area (Å²) < 4.78 is 0. The number of aromatic nitrogens is 3. The molecule has 0 aromatic carbocycles. The average molecular weight is 245 g/mol. The van der Waals surface area contributed by atoms with Crippen LogP contribution < -0.4 is 11.3 Å². The zero-order valence-corrected chi connectivity index (χ0v) is 9.36. The van der Waals surface area contributed by atoms with E-state index in [1.807, 2.05) is 6.07 Å². The largest absolute Gasteiger partial charge is 0.383 e. The van der Waals surface area contributed by atoms with E-state index in [9.17, 15) is 4.79 Å². The fourth-order valence-corrected chi connectivity index (χ4v) is 1.93. The Morgan fingerprint density at radius 2 is 2.24 bits per heavy atom. The van der Waals surface area contributed by atoms with Crippen LogP contribution >= 0.6 is 11.8 Å². The quantitative estimate of drug-likeness (QED) is 0.756. The number of pyridine rings is 1. The van der Waals surface area contributed by atoms with Crippen molar-refractivity contribution in [3.8, 4) is 6.07 Å². The van der Waals surface area contributed by atoms with E-state index >= 15 is 0 Å². The molecule has 84 valence electrons. The Bertz CT molecular complexity index is 646. The maximum atomic E-state index is 11.2. The summed E-state index contributed by atoms with van der Waals surface area (Å²) in [6.45, 7) is 0. The van der Waals surface area contributed by atoms with E-state index < -0.39 is 0 Å². The molecule has 0 saturated heterocycles. The van der Waals surface area contributed by atoms with E-state index in [0.717, 1.165) is 11.8 Å². The van der Waals surface area contributed by atoms with Crippen molar-refractivity contribution in [2.45, 2.75) is 10.2 Å². The average Bonchev–Trinajstić information content (AvgIpc) is 2.28. The molecule has 0 fully saturated rings. The van der Waals surface area contributed by atoms with Gasteiger partial charge in [0.05, 0.1) is 0 Å². The molecule has 0 unspecified atom stereocenters. The van der Waals surface area contributed by atoms with E-state index in [4.69, 9.17) is 11.0 Å². The van der Waals surface area contributed by atoms with Gasteiger partial charge in [-0.15, -0.1) is 0 Å². The van der Waals surface area contributed by atoms with E-state index in [1.54, 1.807) is 18.2 Å². The molecule has 0 aliphatic heterocycles. The Kier molecular flexibility index (Phi) is 3.07. The Hall–Kier alpha value is -2.33. The molecule has 0 bridgehead atoms. The molecule has 2 aromatic heterocycles. The number of nitrogens with two attached hydrogens (primary N) is 1. The molecule has 0 amide bonds. The topological polar surface area (TPSA) is 108 Å². The first-order valence-electron chi connectivity index (χ1n) is 4.59. The van der Waals surface area contributed by atoms with Crippen LogP contribution in [-0.2, 0) is 0 Å². The van der Waals surface area contributed by atoms with Gasteiger partial charge in [0.2, 0.25) is 0 Å². The van der Waals surface area contributed by atoms with Gasteiger partial charge < -0.3 is 10.7 Å². The highest BCUT2D eigenvalue weighted by molar-refractivity contribution is 7.99. The fraction of sp³-hybridized carbons (Fsp3) is 0. The second kappa shape index (κ2) is 4.67. The molecule has 6 nitrogen and oxygen atoms in total. The third-order valence-electron chi connectivity index (χ3n) is 1.78. The summed E-state index contributed by atoms with van der Waals surface area (Å²) in [6, 6.07) is 8.15. The van der Waals surface area contributed by atoms with E-state index in [-0.39, 0.29) is 11.4 Å². The smallest absolute Gasteiger partial charge is 0.253 e. The molecule has 0 aliphatic carbocycles. The van der Waals surface area contributed by atoms with Crippen molar-refractivity contribution < 1.29 is 0 Å². The molecular weight excluding hydrogens is 238 g/mol. The van der Waals surface area contributed by atoms with E-state index in [0.29, 0.717) is 15.9 Å². The summed E-state index contributed by atoms with van der Waals surface area (Å²) in [7, 11) is 0. The third kappa shape index (κ3) is 2.83. The number of aromatic amines is 1. The van der Waals surface area contributed by atoms with Crippen LogP contribution in [-0.4, -0.2) is 15.0 Å². The van der Waals surface area contributed by atoms with Crippen molar-refractivity contribution in [3.05, 3.63) is 40.3 Å². The van der Waals surface area contributed by atoms with Crippen molar-refractivity contribution in [2.24, 2.45) is 0 Å². The standard InChI is InChI=1S/C10H7N5OS/c11-5-6-2-1-3-9(13-6)17-10-14-7(12)4-8(16)15-10/h1-4H,(H3,12,14,15,16). The molecule has 2 aromatic rings. The molecule has 2 rings (SSSR count). The summed E-state index contributed by atoms with van der Waals surface area (Å²) in [4.78, 5) is 21.7. The highest BCUT2D eigenvalue weighted by atomic mass is 32.2. The number of nitrogens with zero attached hydrogens (tertiary/aromatic N) is 3. The molecule has 0 spiro atoms. The monoisotopic (exact) mass is 245 g/mol. The Morgan fingerprint density at radius 1 is 1.41 bits per heavy atom. The lowest BCUT2D eigenvalue weighted by Crippen LogP contribution is -2.09. The normalized spacial score (nSPS) is 9.82. The third-order valence-corrected chi connectivity index (χ3v) is 2.60. The maximum Gasteiger partial charge on any atom is 0.253 e. The van der Waals surface area contributed by atoms with Gasteiger partial charge in [-0.05, 0) is 23.9 Å². The predicted octanol–water partition coefficient (Wildman–Crippen LogP) is 0.770. The molecule has 3 N–H and O–H groups in total. The van der Waals surface area contributed by atoms with Gasteiger partial charge in [0.25, 0.3) is 5.56 Å². The number of nitrogen functional groups attached to an aromatic ring is 1. The summed E-state index contributed by atoms with van der Waals surface area (Å²) >= 11 is 1.14. The second-order valence-corrected chi connectivity index (χ2v) is 4.06. The molecule has 0 aliphatic rings. The van der Waals surface area contributed by atoms with Gasteiger partial charge in [-0.3, -0.25) is 4.79 Å². The van der Waals surface area contributed by atoms with Gasteiger partial charge in [0, 0.05) is 6.07 Å². The van der Waals surface area contributed by atoms with Crippen LogP contribution in [0.1, 0.15) is 5.69 Å². The number of anilines is 1. The molecule has 17 heavy (non-hydrogen) atoms. The number of nitrogens with one attached hydrogen (secondary N) is 1. The predicted molar refractivity (Wildman–Crippen MR) is 62.3 cm³/mol. The van der Waals surface area contributed by atoms with Crippen molar-refractivity contribution >= 4 is 17.6 Å². The van der Waals surface area contributed by atoms with Gasteiger partial charge in [0.1, 0.15) is 22.6 Å². The lowest BCUT2D eigenvalue weighted by molar-refractivity contribution is 0.939.